The average molecular weight is 847 g/mol. The van der Waals surface area contributed by atoms with Crippen molar-refractivity contribution in [2.75, 3.05) is 0 Å². The molecular weight excluding hydrogens is 814 g/mol. The standard InChI is InChI=1S/2C11H9N.3C5H6O3S.Ru/c2*1-2-6-10(7-3-1)11-8-4-5-9-12-11;3*1-3(6)2-4(7)5(8)9;/h2*1-9H;3*2H2,1H3,(H,8,9);/q;;;;;+3/p-3. The number of aromatic nitrogens is 2. The van der Waals surface area contributed by atoms with E-state index in [1.165, 1.54) is 20.8 Å². The smallest absolute Gasteiger partial charge is 0.734 e. The molecule has 0 aliphatic heterocycles. The van der Waals surface area contributed by atoms with Crippen molar-refractivity contribution < 1.29 is 62.6 Å². The van der Waals surface area contributed by atoms with E-state index in [0.717, 1.165) is 22.5 Å². The van der Waals surface area contributed by atoms with Crippen LogP contribution in [0.3, 0.4) is 0 Å². The molecule has 0 N–H and O–H groups in total. The van der Waals surface area contributed by atoms with E-state index in [1.54, 1.807) is 0 Å². The van der Waals surface area contributed by atoms with Crippen molar-refractivity contribution in [2.45, 2.75) is 40.0 Å². The number of pyridine rings is 2. The Bertz CT molecular complexity index is 1540. The summed E-state index contributed by atoms with van der Waals surface area (Å²) in [5, 5.41) is -2.90. The quantitative estimate of drug-likeness (QED) is 0.0902. The minimum atomic E-state index is -0.967. The summed E-state index contributed by atoms with van der Waals surface area (Å²) >= 11 is 11.9. The van der Waals surface area contributed by atoms with Crippen LogP contribution in [0.2, 0.25) is 0 Å². The van der Waals surface area contributed by atoms with Crippen LogP contribution in [0, 0.1) is 0 Å². The number of nitrogens with zero attached hydrogens (tertiary/aromatic N) is 2. The van der Waals surface area contributed by atoms with Gasteiger partial charge in [-0.05, 0) is 45.0 Å². The number of carbonyl (C=O) groups is 9. The van der Waals surface area contributed by atoms with Gasteiger partial charge in [-0.2, -0.15) is 0 Å². The summed E-state index contributed by atoms with van der Waals surface area (Å²) in [6.07, 6.45) is 2.54. The molecule has 0 bridgehead atoms. The third-order valence-electron chi connectivity index (χ3n) is 5.38. The normalized spacial score (nSPS) is 8.90. The van der Waals surface area contributed by atoms with Gasteiger partial charge in [-0.3, -0.25) is 38.7 Å². The Labute approximate surface area is 330 Å². The molecule has 2 aromatic heterocycles. The second kappa shape index (κ2) is 28.7. The van der Waals surface area contributed by atoms with Crippen molar-refractivity contribution in [1.29, 1.82) is 0 Å². The Morgan fingerprint density at radius 3 is 0.846 bits per heavy atom. The van der Waals surface area contributed by atoms with E-state index >= 15 is 0 Å². The summed E-state index contributed by atoms with van der Waals surface area (Å²) < 4.78 is 0. The minimum absolute atomic E-state index is 0. The summed E-state index contributed by atoms with van der Waals surface area (Å²) in [6.45, 7) is 3.70. The van der Waals surface area contributed by atoms with Gasteiger partial charge in [-0.1, -0.05) is 72.8 Å². The van der Waals surface area contributed by atoms with Gasteiger partial charge in [-0.15, -0.1) is 0 Å². The van der Waals surface area contributed by atoms with Gasteiger partial charge in [0, 0.05) is 23.5 Å². The van der Waals surface area contributed by atoms with Crippen LogP contribution in [0.1, 0.15) is 40.0 Å². The number of Topliss-reactive ketones (excluding diaryl/α,β-unsaturated/α-hetero) is 6. The molecule has 4 rings (SSSR count). The zero-order valence-electron chi connectivity index (χ0n) is 28.2. The number of hydrogen-bond acceptors (Lipinski definition) is 14. The molecule has 0 fully saturated rings. The summed E-state index contributed by atoms with van der Waals surface area (Å²) in [7, 11) is 0. The third kappa shape index (κ3) is 25.1. The first kappa shape index (κ1) is 49.2. The van der Waals surface area contributed by atoms with Crippen LogP contribution in [-0.4, -0.2) is 60.0 Å². The van der Waals surface area contributed by atoms with Crippen molar-refractivity contribution in [1.82, 2.24) is 9.97 Å². The Kier molecular flexibility index (Phi) is 27.2. The van der Waals surface area contributed by atoms with Gasteiger partial charge in [-0.25, -0.2) is 0 Å². The largest absolute Gasteiger partial charge is 3.00 e. The molecule has 0 saturated carbocycles. The van der Waals surface area contributed by atoms with Crippen molar-refractivity contribution in [3.05, 3.63) is 109 Å². The molecule has 0 atom stereocenters. The van der Waals surface area contributed by atoms with E-state index in [4.69, 9.17) is 0 Å². The molecule has 0 unspecified atom stereocenters. The van der Waals surface area contributed by atoms with Crippen LogP contribution in [0.15, 0.2) is 109 Å². The molecule has 0 saturated heterocycles. The summed E-state index contributed by atoms with van der Waals surface area (Å²) in [4.78, 5) is 99.7. The van der Waals surface area contributed by atoms with Crippen molar-refractivity contribution in [2.24, 2.45) is 0 Å². The Morgan fingerprint density at radius 1 is 0.423 bits per heavy atom. The van der Waals surface area contributed by atoms with E-state index in [-0.39, 0.29) is 56.1 Å². The second-order valence-corrected chi connectivity index (χ2v) is 11.0. The molecule has 0 amide bonds. The number of hydrogen-bond donors (Lipinski definition) is 0. The number of ketones is 6. The molecule has 15 heteroatoms. The zero-order chi connectivity index (χ0) is 38.8. The maximum atomic E-state index is 10.3. The molecule has 0 aliphatic rings. The molecule has 1 radical (unpaired) electrons. The topological polar surface area (TPSA) is 179 Å². The van der Waals surface area contributed by atoms with E-state index in [2.05, 4.69) is 72.1 Å². The molecule has 52 heavy (non-hydrogen) atoms. The van der Waals surface area contributed by atoms with Crippen LogP contribution in [0.5, 0.6) is 0 Å². The number of carbonyl (C=O) groups excluding carboxylic acids is 9. The SMILES string of the molecule is CC(=O)CC(=O)C(=O)[S-].CC(=O)CC(=O)C(=O)[S-].CC(=O)CC(=O)C(=O)[S-].[Ru+3].c1ccc(-c2ccccn2)cc1.c1ccc(-c2ccccn2)cc1. The van der Waals surface area contributed by atoms with Crippen LogP contribution in [0.4, 0.5) is 0 Å². The van der Waals surface area contributed by atoms with Crippen LogP contribution >= 0.6 is 0 Å². The molecule has 0 aliphatic carbocycles. The fourth-order valence-electron chi connectivity index (χ4n) is 3.18. The van der Waals surface area contributed by atoms with Gasteiger partial charge in [0.1, 0.15) is 17.3 Å². The van der Waals surface area contributed by atoms with Gasteiger partial charge < -0.3 is 52.3 Å². The Morgan fingerprint density at radius 2 is 0.673 bits per heavy atom. The van der Waals surface area contributed by atoms with Crippen molar-refractivity contribution in [3.63, 3.8) is 0 Å². The maximum absolute atomic E-state index is 10.3. The van der Waals surface area contributed by atoms with Gasteiger partial charge in [0.15, 0.2) is 17.3 Å². The fraction of sp³-hybridized carbons (Fsp3) is 0.162. The third-order valence-corrected chi connectivity index (χ3v) is 6.06. The van der Waals surface area contributed by atoms with Crippen LogP contribution in [0.25, 0.3) is 22.5 Å². The Hall–Kier alpha value is -4.95. The van der Waals surface area contributed by atoms with E-state index in [0.29, 0.717) is 0 Å². The summed E-state index contributed by atoms with van der Waals surface area (Å²) in [5.74, 6) is -3.39. The average Bonchev–Trinajstić information content (AvgIpc) is 3.10. The van der Waals surface area contributed by atoms with E-state index in [9.17, 15) is 43.2 Å². The van der Waals surface area contributed by atoms with Crippen LogP contribution < -0.4 is 0 Å². The summed E-state index contributed by atoms with van der Waals surface area (Å²) in [5.41, 5.74) is 4.38. The predicted molar refractivity (Wildman–Crippen MR) is 197 cm³/mol. The van der Waals surface area contributed by atoms with E-state index in [1.807, 2.05) is 85.2 Å². The molecule has 2 heterocycles. The molecule has 11 nitrogen and oxygen atoms in total. The van der Waals surface area contributed by atoms with Gasteiger partial charge >= 0.3 is 19.5 Å². The van der Waals surface area contributed by atoms with Crippen molar-refractivity contribution >= 4 is 87.9 Å². The van der Waals surface area contributed by atoms with E-state index < -0.39 is 32.7 Å². The molecular formula is C37H33N2O9RuS3. The summed E-state index contributed by atoms with van der Waals surface area (Å²) in [6, 6.07) is 32.2. The monoisotopic (exact) mass is 847 g/mol. The first-order valence-corrected chi connectivity index (χ1v) is 15.9. The maximum Gasteiger partial charge on any atom is 3.00 e. The first-order valence-electron chi connectivity index (χ1n) is 14.7. The fourth-order valence-corrected chi connectivity index (χ4v) is 3.40. The number of benzene rings is 2. The molecule has 2 aromatic carbocycles. The van der Waals surface area contributed by atoms with Crippen LogP contribution in [-0.2, 0) is 101 Å². The van der Waals surface area contributed by atoms with Gasteiger partial charge in [0.05, 0.1) is 46.0 Å². The molecule has 271 valence electrons. The molecule has 4 aromatic rings. The second-order valence-electron chi connectivity index (χ2n) is 9.93. The minimum Gasteiger partial charge on any atom is -0.734 e. The molecule has 0 spiro atoms. The first-order chi connectivity index (χ1) is 24.0. The number of rotatable bonds is 11. The zero-order valence-corrected chi connectivity index (χ0v) is 32.3. The van der Waals surface area contributed by atoms with Crippen molar-refractivity contribution in [3.8, 4) is 22.5 Å². The Balaban J connectivity index is 0. The predicted octanol–water partition coefficient (Wildman–Crippen LogP) is 4.32. The van der Waals surface area contributed by atoms with Gasteiger partial charge in [0.25, 0.3) is 0 Å². The van der Waals surface area contributed by atoms with Gasteiger partial charge in [0.2, 0.25) is 0 Å².